The third-order valence-electron chi connectivity index (χ3n) is 1.47. The number of ether oxygens (including phenoxy) is 1. The zero-order chi connectivity index (χ0) is 8.43. The standard InChI is InChI=1S/C8H9BrO2/c1-5-3-6(9)8(11-2)4-7(5)10/h3-4,10H,1-2H3. The van der Waals surface area contributed by atoms with Crippen LogP contribution >= 0.6 is 15.9 Å². The maximum Gasteiger partial charge on any atom is 0.136 e. The lowest BCUT2D eigenvalue weighted by molar-refractivity contribution is 0.404. The molecule has 0 saturated carbocycles. The second-order valence-electron chi connectivity index (χ2n) is 2.27. The number of hydrogen-bond acceptors (Lipinski definition) is 2. The second-order valence-corrected chi connectivity index (χ2v) is 3.13. The summed E-state index contributed by atoms with van der Waals surface area (Å²) in [4.78, 5) is 0. The number of methoxy groups -OCH3 is 1. The first-order valence-corrected chi connectivity index (χ1v) is 3.97. The van der Waals surface area contributed by atoms with E-state index in [0.29, 0.717) is 5.75 Å². The molecular formula is C8H9BrO2. The molecule has 0 radical (unpaired) electrons. The Hall–Kier alpha value is -0.700. The average molecular weight is 217 g/mol. The van der Waals surface area contributed by atoms with E-state index >= 15 is 0 Å². The van der Waals surface area contributed by atoms with Crippen LogP contribution in [0.3, 0.4) is 0 Å². The molecule has 1 aromatic rings. The predicted molar refractivity (Wildman–Crippen MR) is 47.1 cm³/mol. The van der Waals surface area contributed by atoms with Crippen molar-refractivity contribution in [2.45, 2.75) is 6.92 Å². The van der Waals surface area contributed by atoms with Crippen molar-refractivity contribution in [3.8, 4) is 11.5 Å². The molecule has 1 rings (SSSR count). The Kier molecular flexibility index (Phi) is 2.39. The summed E-state index contributed by atoms with van der Waals surface area (Å²) in [6, 6.07) is 3.40. The molecule has 0 aliphatic carbocycles. The molecule has 0 aliphatic heterocycles. The summed E-state index contributed by atoms with van der Waals surface area (Å²) < 4.78 is 5.83. The average Bonchev–Trinajstić information content (AvgIpc) is 1.97. The molecule has 0 heterocycles. The van der Waals surface area contributed by atoms with Gasteiger partial charge in [0.05, 0.1) is 11.6 Å². The highest BCUT2D eigenvalue weighted by Crippen LogP contribution is 2.31. The highest BCUT2D eigenvalue weighted by Gasteiger charge is 2.03. The van der Waals surface area contributed by atoms with Gasteiger partial charge in [-0.3, -0.25) is 0 Å². The normalized spacial score (nSPS) is 9.73. The van der Waals surface area contributed by atoms with E-state index in [1.807, 2.05) is 13.0 Å². The maximum atomic E-state index is 9.25. The van der Waals surface area contributed by atoms with Crippen LogP contribution < -0.4 is 4.74 Å². The summed E-state index contributed by atoms with van der Waals surface area (Å²) >= 11 is 3.31. The molecule has 0 amide bonds. The zero-order valence-electron chi connectivity index (χ0n) is 6.39. The monoisotopic (exact) mass is 216 g/mol. The van der Waals surface area contributed by atoms with Gasteiger partial charge < -0.3 is 9.84 Å². The van der Waals surface area contributed by atoms with Gasteiger partial charge in [0.15, 0.2) is 0 Å². The van der Waals surface area contributed by atoms with Crippen molar-refractivity contribution in [3.63, 3.8) is 0 Å². The summed E-state index contributed by atoms with van der Waals surface area (Å²) in [5.41, 5.74) is 0.831. The van der Waals surface area contributed by atoms with Crippen LogP contribution in [0.25, 0.3) is 0 Å². The third-order valence-corrected chi connectivity index (χ3v) is 2.09. The van der Waals surface area contributed by atoms with Gasteiger partial charge >= 0.3 is 0 Å². The molecule has 0 atom stereocenters. The molecule has 1 aromatic carbocycles. The SMILES string of the molecule is COc1cc(O)c(C)cc1Br. The molecular weight excluding hydrogens is 208 g/mol. The van der Waals surface area contributed by atoms with E-state index in [-0.39, 0.29) is 5.75 Å². The van der Waals surface area contributed by atoms with E-state index < -0.39 is 0 Å². The number of hydrogen-bond donors (Lipinski definition) is 1. The lowest BCUT2D eigenvalue weighted by Crippen LogP contribution is -1.85. The fourth-order valence-electron chi connectivity index (χ4n) is 0.799. The van der Waals surface area contributed by atoms with Crippen LogP contribution in [0.4, 0.5) is 0 Å². The summed E-state index contributed by atoms with van der Waals surface area (Å²) in [5.74, 6) is 0.901. The van der Waals surface area contributed by atoms with Crippen LogP contribution in [-0.2, 0) is 0 Å². The third kappa shape index (κ3) is 1.66. The Labute approximate surface area is 73.9 Å². The van der Waals surface area contributed by atoms with Crippen LogP contribution in [0.2, 0.25) is 0 Å². The summed E-state index contributed by atoms with van der Waals surface area (Å²) in [6.45, 7) is 1.83. The quantitative estimate of drug-likeness (QED) is 0.782. The van der Waals surface area contributed by atoms with Gasteiger partial charge in [-0.15, -0.1) is 0 Å². The highest BCUT2D eigenvalue weighted by atomic mass is 79.9. The molecule has 0 aliphatic rings. The predicted octanol–water partition coefficient (Wildman–Crippen LogP) is 2.47. The number of phenolic OH excluding ortho intramolecular Hbond substituents is 1. The molecule has 1 N–H and O–H groups in total. The molecule has 2 nitrogen and oxygen atoms in total. The van der Waals surface area contributed by atoms with Crippen LogP contribution in [0, 0.1) is 6.92 Å². The van der Waals surface area contributed by atoms with Crippen LogP contribution in [0.1, 0.15) is 5.56 Å². The van der Waals surface area contributed by atoms with Crippen molar-refractivity contribution in [2.75, 3.05) is 7.11 Å². The smallest absolute Gasteiger partial charge is 0.136 e. The molecule has 3 heteroatoms. The van der Waals surface area contributed by atoms with Crippen LogP contribution in [0.15, 0.2) is 16.6 Å². The van der Waals surface area contributed by atoms with E-state index in [2.05, 4.69) is 15.9 Å². The van der Waals surface area contributed by atoms with Crippen molar-refractivity contribution in [3.05, 3.63) is 22.2 Å². The van der Waals surface area contributed by atoms with Crippen molar-refractivity contribution >= 4 is 15.9 Å². The number of benzene rings is 1. The minimum absolute atomic E-state index is 0.255. The fourth-order valence-corrected chi connectivity index (χ4v) is 1.42. The fraction of sp³-hybridized carbons (Fsp3) is 0.250. The topological polar surface area (TPSA) is 29.5 Å². The maximum absolute atomic E-state index is 9.25. The number of aromatic hydroxyl groups is 1. The van der Waals surface area contributed by atoms with Gasteiger partial charge in [0.2, 0.25) is 0 Å². The molecule has 11 heavy (non-hydrogen) atoms. The molecule has 0 fully saturated rings. The number of halogens is 1. The Morgan fingerprint density at radius 1 is 1.45 bits per heavy atom. The Balaban J connectivity index is 3.21. The van der Waals surface area contributed by atoms with E-state index in [4.69, 9.17) is 4.74 Å². The minimum atomic E-state index is 0.255. The van der Waals surface area contributed by atoms with Crippen molar-refractivity contribution in [2.24, 2.45) is 0 Å². The number of rotatable bonds is 1. The minimum Gasteiger partial charge on any atom is -0.508 e. The lowest BCUT2D eigenvalue weighted by Gasteiger charge is -2.05. The van der Waals surface area contributed by atoms with Crippen molar-refractivity contribution < 1.29 is 9.84 Å². The van der Waals surface area contributed by atoms with Gasteiger partial charge in [-0.1, -0.05) is 0 Å². The largest absolute Gasteiger partial charge is 0.508 e. The molecule has 0 spiro atoms. The first-order valence-electron chi connectivity index (χ1n) is 3.18. The van der Waals surface area contributed by atoms with E-state index in [9.17, 15) is 5.11 Å². The number of aryl methyl sites for hydroxylation is 1. The number of phenols is 1. The van der Waals surface area contributed by atoms with E-state index in [1.54, 1.807) is 13.2 Å². The van der Waals surface area contributed by atoms with Crippen molar-refractivity contribution in [1.29, 1.82) is 0 Å². The zero-order valence-corrected chi connectivity index (χ0v) is 7.97. The first-order chi connectivity index (χ1) is 5.15. The lowest BCUT2D eigenvalue weighted by atomic mass is 10.2. The van der Waals surface area contributed by atoms with E-state index in [1.165, 1.54) is 0 Å². The molecule has 0 unspecified atom stereocenters. The Morgan fingerprint density at radius 2 is 2.09 bits per heavy atom. The van der Waals surface area contributed by atoms with Crippen LogP contribution in [0.5, 0.6) is 11.5 Å². The Bertz CT molecular complexity index is 271. The van der Waals surface area contributed by atoms with Crippen molar-refractivity contribution in [1.82, 2.24) is 0 Å². The molecule has 0 bridgehead atoms. The van der Waals surface area contributed by atoms with Gasteiger partial charge in [0.25, 0.3) is 0 Å². The first kappa shape index (κ1) is 8.40. The second kappa shape index (κ2) is 3.13. The Morgan fingerprint density at radius 3 is 2.64 bits per heavy atom. The van der Waals surface area contributed by atoms with E-state index in [0.717, 1.165) is 10.0 Å². The highest BCUT2D eigenvalue weighted by molar-refractivity contribution is 9.10. The van der Waals surface area contributed by atoms with Crippen LogP contribution in [-0.4, -0.2) is 12.2 Å². The van der Waals surface area contributed by atoms with Gasteiger partial charge in [-0.05, 0) is 34.5 Å². The summed E-state index contributed by atoms with van der Waals surface area (Å²) in [5, 5.41) is 9.25. The van der Waals surface area contributed by atoms with Gasteiger partial charge in [-0.25, -0.2) is 0 Å². The van der Waals surface area contributed by atoms with Gasteiger partial charge in [0.1, 0.15) is 11.5 Å². The summed E-state index contributed by atoms with van der Waals surface area (Å²) in [6.07, 6.45) is 0. The van der Waals surface area contributed by atoms with Gasteiger partial charge in [-0.2, -0.15) is 0 Å². The van der Waals surface area contributed by atoms with Gasteiger partial charge in [0, 0.05) is 6.07 Å². The molecule has 0 saturated heterocycles. The summed E-state index contributed by atoms with van der Waals surface area (Å²) in [7, 11) is 1.56. The molecule has 0 aromatic heterocycles. The molecule has 60 valence electrons.